The van der Waals surface area contributed by atoms with E-state index in [0.717, 1.165) is 0 Å². The third kappa shape index (κ3) is 2.96. The van der Waals surface area contributed by atoms with E-state index in [1.165, 1.54) is 10.4 Å². The van der Waals surface area contributed by atoms with Gasteiger partial charge in [-0.25, -0.2) is 0 Å². The molecule has 1 aromatic carbocycles. The highest BCUT2D eigenvalue weighted by atomic mass is 32.2. The molecule has 27 heavy (non-hydrogen) atoms. The molecule has 0 saturated heterocycles. The van der Waals surface area contributed by atoms with Gasteiger partial charge >= 0.3 is 0 Å². The molecule has 0 fully saturated rings. The fourth-order valence-electron chi connectivity index (χ4n) is 2.94. The molecule has 8 heteroatoms. The molecule has 0 saturated carbocycles. The molecule has 3 aromatic rings. The van der Waals surface area contributed by atoms with Crippen LogP contribution >= 0.6 is 0 Å². The minimum atomic E-state index is -3.86. The predicted molar refractivity (Wildman–Crippen MR) is 97.0 cm³/mol. The van der Waals surface area contributed by atoms with Gasteiger partial charge < -0.3 is 13.6 Å². The van der Waals surface area contributed by atoms with Crippen LogP contribution < -0.4 is 9.04 Å². The van der Waals surface area contributed by atoms with Crippen molar-refractivity contribution in [2.45, 2.75) is 18.4 Å². The largest absolute Gasteiger partial charge is 0.489 e. The molecule has 4 rings (SSSR count). The van der Waals surface area contributed by atoms with Crippen molar-refractivity contribution in [2.24, 2.45) is 0 Å². The smallest absolute Gasteiger partial charge is 0.298 e. The Morgan fingerprint density at radius 1 is 1.15 bits per heavy atom. The van der Waals surface area contributed by atoms with Crippen LogP contribution in [0, 0.1) is 11.3 Å². The molecule has 0 amide bonds. The molecule has 0 aliphatic carbocycles. The lowest BCUT2D eigenvalue weighted by molar-refractivity contribution is 0.315. The zero-order valence-corrected chi connectivity index (χ0v) is 15.3. The van der Waals surface area contributed by atoms with Gasteiger partial charge in [0.25, 0.3) is 10.0 Å². The zero-order chi connectivity index (χ0) is 19.0. The van der Waals surface area contributed by atoms with Gasteiger partial charge in [-0.2, -0.15) is 13.7 Å². The highest BCUT2D eigenvalue weighted by Crippen LogP contribution is 2.39. The van der Waals surface area contributed by atoms with Crippen molar-refractivity contribution in [1.82, 2.24) is 0 Å². The van der Waals surface area contributed by atoms with E-state index in [2.05, 4.69) is 0 Å². The molecule has 0 N–H and O–H groups in total. The molecule has 0 unspecified atom stereocenters. The molecule has 1 aliphatic heterocycles. The number of hydrogen-bond acceptors (Lipinski definition) is 6. The van der Waals surface area contributed by atoms with Gasteiger partial charge in [0.2, 0.25) is 10.9 Å². The van der Waals surface area contributed by atoms with Crippen molar-refractivity contribution >= 4 is 15.7 Å². The van der Waals surface area contributed by atoms with E-state index in [9.17, 15) is 8.42 Å². The second-order valence-corrected chi connectivity index (χ2v) is 7.75. The van der Waals surface area contributed by atoms with Gasteiger partial charge in [-0.15, -0.1) is 0 Å². The Labute approximate surface area is 156 Å². The van der Waals surface area contributed by atoms with E-state index in [1.807, 2.05) is 13.0 Å². The van der Waals surface area contributed by atoms with Crippen LogP contribution in [-0.2, 0) is 16.4 Å². The van der Waals surface area contributed by atoms with Gasteiger partial charge in [-0.05, 0) is 42.5 Å². The fourth-order valence-corrected chi connectivity index (χ4v) is 4.33. The van der Waals surface area contributed by atoms with E-state index in [4.69, 9.17) is 18.8 Å². The van der Waals surface area contributed by atoms with Crippen LogP contribution in [0.5, 0.6) is 5.75 Å². The van der Waals surface area contributed by atoms with Gasteiger partial charge in [-0.1, -0.05) is 6.92 Å². The number of benzene rings is 1. The number of fused-ring (bicyclic) bond motifs is 1. The predicted octanol–water partition coefficient (Wildman–Crippen LogP) is 3.56. The molecule has 0 radical (unpaired) electrons. The summed E-state index contributed by atoms with van der Waals surface area (Å²) in [5, 5.41) is 8.83. The molecule has 0 spiro atoms. The summed E-state index contributed by atoms with van der Waals surface area (Å²) >= 11 is 0. The average molecular weight is 384 g/mol. The summed E-state index contributed by atoms with van der Waals surface area (Å²) in [5.41, 5.74) is 1.05. The SMILES string of the molecule is CCc1ccc(S(=O)(=O)N2CCOc3ccc(-c4ccc(C#N)o4)cc32)o1. The first-order valence-electron chi connectivity index (χ1n) is 8.41. The number of nitriles is 1. The summed E-state index contributed by atoms with van der Waals surface area (Å²) < 4.78 is 44.0. The van der Waals surface area contributed by atoms with Crippen LogP contribution in [0.2, 0.25) is 0 Å². The summed E-state index contributed by atoms with van der Waals surface area (Å²) in [6.45, 7) is 2.30. The highest BCUT2D eigenvalue weighted by Gasteiger charge is 2.33. The third-order valence-electron chi connectivity index (χ3n) is 4.31. The maximum Gasteiger partial charge on any atom is 0.298 e. The number of aryl methyl sites for hydroxylation is 1. The third-order valence-corrected chi connectivity index (χ3v) is 6.00. The Morgan fingerprint density at radius 3 is 2.70 bits per heavy atom. The number of ether oxygens (including phenoxy) is 1. The number of anilines is 1. The van der Waals surface area contributed by atoms with E-state index in [-0.39, 0.29) is 24.0 Å². The van der Waals surface area contributed by atoms with E-state index >= 15 is 0 Å². The lowest BCUT2D eigenvalue weighted by Gasteiger charge is -2.29. The standard InChI is InChI=1S/C19H16N2O5S/c1-2-14-5-8-19(26-14)27(22,23)21-9-10-24-18-6-3-13(11-16(18)21)17-7-4-15(12-20)25-17/h3-8,11H,2,9-10H2,1H3. The number of hydrogen-bond donors (Lipinski definition) is 0. The summed E-state index contributed by atoms with van der Waals surface area (Å²) in [4.78, 5) is 0. The maximum absolute atomic E-state index is 13.1. The van der Waals surface area contributed by atoms with Crippen LogP contribution in [0.1, 0.15) is 18.4 Å². The maximum atomic E-state index is 13.1. The summed E-state index contributed by atoms with van der Waals surface area (Å²) in [6.07, 6.45) is 0.610. The molecular formula is C19H16N2O5S. The summed E-state index contributed by atoms with van der Waals surface area (Å²) in [7, 11) is -3.86. The van der Waals surface area contributed by atoms with E-state index in [1.54, 1.807) is 36.4 Å². The normalized spacial score (nSPS) is 13.7. The van der Waals surface area contributed by atoms with E-state index in [0.29, 0.717) is 34.9 Å². The molecule has 1 aliphatic rings. The Bertz CT molecular complexity index is 1140. The van der Waals surface area contributed by atoms with Gasteiger partial charge in [0.1, 0.15) is 29.9 Å². The van der Waals surface area contributed by atoms with Crippen LogP contribution in [0.15, 0.2) is 56.4 Å². The summed E-state index contributed by atoms with van der Waals surface area (Å²) in [6, 6.07) is 13.4. The topological polar surface area (TPSA) is 96.7 Å². The number of sulfonamides is 1. The van der Waals surface area contributed by atoms with Crippen LogP contribution in [0.25, 0.3) is 11.3 Å². The van der Waals surface area contributed by atoms with Crippen molar-refractivity contribution in [1.29, 1.82) is 5.26 Å². The Kier molecular flexibility index (Phi) is 4.16. The van der Waals surface area contributed by atoms with Gasteiger partial charge in [0, 0.05) is 12.0 Å². The Hall–Kier alpha value is -3.18. The van der Waals surface area contributed by atoms with Gasteiger partial charge in [-0.3, -0.25) is 4.31 Å². The number of furan rings is 2. The van der Waals surface area contributed by atoms with Crippen molar-refractivity contribution in [2.75, 3.05) is 17.5 Å². The fraction of sp³-hybridized carbons (Fsp3) is 0.211. The Balaban J connectivity index is 1.78. The second-order valence-electron chi connectivity index (χ2n) is 5.96. The quantitative estimate of drug-likeness (QED) is 0.682. The highest BCUT2D eigenvalue weighted by molar-refractivity contribution is 7.92. The van der Waals surface area contributed by atoms with Crippen molar-refractivity contribution in [3.63, 3.8) is 0 Å². The van der Waals surface area contributed by atoms with Crippen molar-refractivity contribution in [3.05, 3.63) is 54.0 Å². The molecule has 3 heterocycles. The first kappa shape index (κ1) is 17.2. The van der Waals surface area contributed by atoms with Crippen molar-refractivity contribution < 1.29 is 22.0 Å². The lowest BCUT2D eigenvalue weighted by atomic mass is 10.1. The second kappa shape index (κ2) is 6.52. The zero-order valence-electron chi connectivity index (χ0n) is 14.5. The van der Waals surface area contributed by atoms with Gasteiger partial charge in [0.15, 0.2) is 0 Å². The van der Waals surface area contributed by atoms with E-state index < -0.39 is 10.0 Å². The monoisotopic (exact) mass is 384 g/mol. The van der Waals surface area contributed by atoms with Gasteiger partial charge in [0.05, 0.1) is 12.2 Å². The average Bonchev–Trinajstić information content (AvgIpc) is 3.36. The molecule has 0 bridgehead atoms. The van der Waals surface area contributed by atoms with Crippen LogP contribution in [-0.4, -0.2) is 21.6 Å². The Morgan fingerprint density at radius 2 is 2.00 bits per heavy atom. The first-order chi connectivity index (χ1) is 13.0. The number of nitrogens with zero attached hydrogens (tertiary/aromatic N) is 2. The lowest BCUT2D eigenvalue weighted by Crippen LogP contribution is -2.37. The summed E-state index contributed by atoms with van der Waals surface area (Å²) in [5.74, 6) is 1.73. The minimum Gasteiger partial charge on any atom is -0.489 e. The molecular weight excluding hydrogens is 368 g/mol. The molecule has 7 nitrogen and oxygen atoms in total. The first-order valence-corrected chi connectivity index (χ1v) is 9.85. The molecule has 0 atom stereocenters. The van der Waals surface area contributed by atoms with Crippen molar-refractivity contribution in [3.8, 4) is 23.1 Å². The van der Waals surface area contributed by atoms with Crippen LogP contribution in [0.4, 0.5) is 5.69 Å². The number of rotatable bonds is 4. The minimum absolute atomic E-state index is 0.0950. The molecule has 2 aromatic heterocycles. The van der Waals surface area contributed by atoms with Crippen LogP contribution in [0.3, 0.4) is 0 Å². The molecule has 138 valence electrons.